The Morgan fingerprint density at radius 2 is 1.27 bits per heavy atom. The van der Waals surface area contributed by atoms with Gasteiger partial charge in [0.05, 0.1) is 110 Å². The molecule has 3 aromatic heterocycles. The van der Waals surface area contributed by atoms with Crippen molar-refractivity contribution in [2.75, 3.05) is 70.4 Å². The number of alkyl halides is 3. The number of Topliss-reactive ketones (excluding diaryl/α,β-unsaturated/α-hetero) is 4. The van der Waals surface area contributed by atoms with Crippen molar-refractivity contribution in [3.05, 3.63) is 195 Å². The first-order valence-corrected chi connectivity index (χ1v) is 34.7. The second-order valence-electron chi connectivity index (χ2n) is 25.4. The number of amides is 2. The topological polar surface area (TPSA) is 286 Å². The summed E-state index contributed by atoms with van der Waals surface area (Å²) in [7, 11) is -0.330. The number of aliphatic imine (C=N–C) groups is 1. The van der Waals surface area contributed by atoms with Crippen molar-refractivity contribution in [1.82, 2.24) is 19.4 Å². The molecule has 0 bridgehead atoms. The van der Waals surface area contributed by atoms with Gasteiger partial charge in [0.25, 0.3) is 5.91 Å². The third-order valence-electron chi connectivity index (χ3n) is 17.2. The standard InChI is InChI=1S/C28H22F3N3O4.C14H12BrNO3.C13H20BNO2.C10H8BrFO2.C6H11NO2.C4H7NO2/c1-15-3-5-19(33-27(37)18-7-8-32-24(12-18)28(29,30)31)13-21(15)17-4-6-20-22(11-17)34-9-10-38-14-23(34)25(16(2)35)26(20)36;1-8(17)13-12-7-19-5-4-16(12)11-6-9(15)2-3-10(11)14(13)18;1-9-6-7-10(15)8-11(9)14-16-12(2,3)13(4,5)17-14;1-6(13)4-10(14)8-3-2-7(11)5-9(8)12;1-2-9-6-5-8-4-3-7-6;6-4-3-7-2-1-5-4/h3-8,11-13H,9-10,14H2,1-2H3,(H,33,37);2-3,6H,4-5,7H2,1H3;6-8H,15H2,1-5H3;2-3,5H,4H2,1H3;2-5H2,1H3;1-3H2,(H,5,6). The number of nitrogens with zero attached hydrogens (tertiary/aromatic N) is 4. The maximum Gasteiger partial charge on any atom is 0.495 e. The zero-order valence-corrected chi connectivity index (χ0v) is 62.3. The molecule has 8 heterocycles. The molecule has 2 saturated heterocycles. The maximum absolute atomic E-state index is 13.2. The number of carbonyl (C=O) groups is 6. The molecule has 2 amide bonds. The van der Waals surface area contributed by atoms with Gasteiger partial charge in [0.15, 0.2) is 17.3 Å². The van der Waals surface area contributed by atoms with Crippen LogP contribution in [0.3, 0.4) is 0 Å². The average molecular weight is 1570 g/mol. The highest BCUT2D eigenvalue weighted by molar-refractivity contribution is 9.10. The highest BCUT2D eigenvalue weighted by Crippen LogP contribution is 2.37. The monoisotopic (exact) mass is 1560 g/mol. The van der Waals surface area contributed by atoms with Gasteiger partial charge in [0, 0.05) is 62.5 Å². The van der Waals surface area contributed by atoms with E-state index in [9.17, 15) is 55.9 Å². The van der Waals surface area contributed by atoms with E-state index < -0.39 is 29.4 Å². The number of hydrogen-bond acceptors (Lipinski definition) is 18. The summed E-state index contributed by atoms with van der Waals surface area (Å²) in [4.78, 5) is 102. The Hall–Kier alpha value is -8.94. The van der Waals surface area contributed by atoms with E-state index in [4.69, 9.17) is 38.7 Å². The maximum atomic E-state index is 13.2. The number of pyridine rings is 3. The van der Waals surface area contributed by atoms with E-state index in [1.54, 1.807) is 42.5 Å². The summed E-state index contributed by atoms with van der Waals surface area (Å²) in [5.41, 5.74) is 12.1. The lowest BCUT2D eigenvalue weighted by Crippen LogP contribution is -2.41. The van der Waals surface area contributed by atoms with Gasteiger partial charge in [-0.05, 0) is 176 Å². The van der Waals surface area contributed by atoms with Gasteiger partial charge in [-0.15, -0.1) is 0 Å². The van der Waals surface area contributed by atoms with Crippen LogP contribution in [0.5, 0.6) is 0 Å². The van der Waals surface area contributed by atoms with Crippen molar-refractivity contribution < 1.29 is 79.3 Å². The molecular formula is C75H80BBr2F4N7O15. The number of aromatic nitrogens is 3. The number of nitrogens with one attached hydrogen (secondary N) is 2. The number of benzene rings is 5. The lowest BCUT2D eigenvalue weighted by atomic mass is 9.76. The molecule has 5 aliphatic rings. The van der Waals surface area contributed by atoms with Crippen molar-refractivity contribution in [2.45, 2.75) is 119 Å². The Morgan fingerprint density at radius 3 is 1.81 bits per heavy atom. The molecule has 5 aromatic carbocycles. The molecule has 0 radical (unpaired) electrons. The lowest BCUT2D eigenvalue weighted by Gasteiger charge is -2.32. The fourth-order valence-corrected chi connectivity index (χ4v) is 12.0. The molecule has 29 heteroatoms. The second-order valence-corrected chi connectivity index (χ2v) is 27.3. The first-order valence-electron chi connectivity index (χ1n) is 33.1. The summed E-state index contributed by atoms with van der Waals surface area (Å²) in [6, 6.07) is 27.8. The number of carbonyl (C=O) groups excluding carboxylic acids is 6. The minimum absolute atomic E-state index is 0.00810. The molecule has 0 atom stereocenters. The summed E-state index contributed by atoms with van der Waals surface area (Å²) in [5.74, 6) is -1.85. The van der Waals surface area contributed by atoms with Crippen molar-refractivity contribution in [2.24, 2.45) is 4.99 Å². The number of anilines is 2. The van der Waals surface area contributed by atoms with Gasteiger partial charge in [-0.3, -0.25) is 48.3 Å². The predicted octanol–water partition coefficient (Wildman–Crippen LogP) is 12.1. The number of nitrogen functional groups attached to an aromatic ring is 1. The van der Waals surface area contributed by atoms with Crippen LogP contribution < -0.4 is 32.7 Å². The molecule has 0 saturated carbocycles. The Morgan fingerprint density at radius 1 is 0.692 bits per heavy atom. The normalized spacial score (nSPS) is 15.5. The molecule has 13 rings (SSSR count). The van der Waals surface area contributed by atoms with Crippen LogP contribution in [0, 0.1) is 19.7 Å². The third kappa shape index (κ3) is 20.5. The van der Waals surface area contributed by atoms with Gasteiger partial charge in [-0.25, -0.2) is 4.39 Å². The summed E-state index contributed by atoms with van der Waals surface area (Å²) >= 11 is 6.50. The van der Waals surface area contributed by atoms with E-state index in [0.717, 1.165) is 68.6 Å². The smallest absolute Gasteiger partial charge is 0.480 e. The van der Waals surface area contributed by atoms with Gasteiger partial charge >= 0.3 is 13.3 Å². The van der Waals surface area contributed by atoms with Crippen LogP contribution in [0.15, 0.2) is 133 Å². The molecule has 0 unspecified atom stereocenters. The summed E-state index contributed by atoms with van der Waals surface area (Å²) in [6.45, 7) is 25.1. The first kappa shape index (κ1) is 80.7. The van der Waals surface area contributed by atoms with Crippen LogP contribution in [-0.2, 0) is 75.1 Å². The first-order chi connectivity index (χ1) is 49.2. The van der Waals surface area contributed by atoms with Crippen LogP contribution in [0.4, 0.5) is 28.9 Å². The molecule has 4 N–H and O–H groups in total. The van der Waals surface area contributed by atoms with Gasteiger partial charge in [-0.1, -0.05) is 55.6 Å². The molecule has 550 valence electrons. The van der Waals surface area contributed by atoms with Crippen molar-refractivity contribution in [3.63, 3.8) is 0 Å². The Kier molecular flexibility index (Phi) is 27.7. The number of hydrogen-bond donors (Lipinski definition) is 3. The number of morpholine rings is 1. The van der Waals surface area contributed by atoms with E-state index >= 15 is 0 Å². The number of nitrogens with two attached hydrogens (primary N) is 1. The largest absolute Gasteiger partial charge is 0.495 e. The second kappa shape index (κ2) is 35.7. The highest BCUT2D eigenvalue weighted by atomic mass is 79.9. The summed E-state index contributed by atoms with van der Waals surface area (Å²) < 4.78 is 95.5. The molecule has 5 aliphatic heterocycles. The van der Waals surface area contributed by atoms with Crippen LogP contribution in [0.2, 0.25) is 0 Å². The van der Waals surface area contributed by atoms with E-state index in [-0.39, 0.29) is 94.3 Å². The zero-order valence-electron chi connectivity index (χ0n) is 59.1. The Bertz CT molecular complexity index is 4710. The van der Waals surface area contributed by atoms with Crippen LogP contribution in [0.1, 0.15) is 131 Å². The Labute approximate surface area is 614 Å². The number of fused-ring (bicyclic) bond motifs is 6. The number of ketones is 4. The molecule has 2 fully saturated rings. The minimum Gasteiger partial charge on any atom is -0.480 e. The molecule has 22 nitrogen and oxygen atoms in total. The van der Waals surface area contributed by atoms with Crippen LogP contribution in [-0.4, -0.2) is 133 Å². The predicted molar refractivity (Wildman–Crippen MR) is 394 cm³/mol. The molecule has 0 spiro atoms. The lowest BCUT2D eigenvalue weighted by molar-refractivity contribution is -0.141. The highest BCUT2D eigenvalue weighted by Gasteiger charge is 2.52. The molecule has 8 aromatic rings. The molecular weight excluding hydrogens is 1490 g/mol. The third-order valence-corrected chi connectivity index (χ3v) is 18.2. The summed E-state index contributed by atoms with van der Waals surface area (Å²) in [5, 5.41) is 6.27. The number of ether oxygens (including phenoxy) is 5. The van der Waals surface area contributed by atoms with Crippen LogP contribution >= 0.6 is 31.9 Å². The van der Waals surface area contributed by atoms with E-state index in [0.29, 0.717) is 103 Å². The molecule has 0 aliphatic carbocycles. The van der Waals surface area contributed by atoms with Gasteiger partial charge in [-0.2, -0.15) is 13.2 Å². The fourth-order valence-electron chi connectivity index (χ4n) is 11.3. The van der Waals surface area contributed by atoms with Crippen molar-refractivity contribution >= 4 is 118 Å². The van der Waals surface area contributed by atoms with Crippen molar-refractivity contribution in [3.8, 4) is 11.1 Å². The Balaban J connectivity index is 0.000000174. The van der Waals surface area contributed by atoms with E-state index in [1.165, 1.54) is 39.0 Å². The minimum atomic E-state index is -4.66. The van der Waals surface area contributed by atoms with Gasteiger partial charge in [0.2, 0.25) is 22.7 Å². The van der Waals surface area contributed by atoms with Gasteiger partial charge in [0.1, 0.15) is 30.5 Å². The molecule has 104 heavy (non-hydrogen) atoms. The zero-order chi connectivity index (χ0) is 76.0. The van der Waals surface area contributed by atoms with Crippen LogP contribution in [0.25, 0.3) is 32.9 Å². The fraction of sp³-hybridized carbons (Fsp3) is 0.360. The average Bonchev–Trinajstić information content (AvgIpc) is 0.984. The number of aryl methyl sites for hydroxylation is 2. The summed E-state index contributed by atoms with van der Waals surface area (Å²) in [6.07, 6.45) is -3.97. The number of rotatable bonds is 10. The van der Waals surface area contributed by atoms with E-state index in [1.807, 2.05) is 66.3 Å². The van der Waals surface area contributed by atoms with Gasteiger partial charge < -0.3 is 58.5 Å². The van der Waals surface area contributed by atoms with E-state index in [2.05, 4.69) is 80.2 Å². The number of halogens is 6. The quantitative estimate of drug-likeness (QED) is 0.0377. The van der Waals surface area contributed by atoms with Crippen molar-refractivity contribution in [1.29, 1.82) is 0 Å². The SMILES string of the molecule is CC(=O)CC(=O)c1ccc(Br)cc1F.CC(=O)c1c2n(c3cc(-c4cc(NC(=O)c5ccnc(C(F)(F)F)c5)ccc4C)ccc3c1=O)CCOC2.CC(=O)c1c2n(c3cc(Br)ccc3c1=O)CCOC2.CCOC1=NCCOC1.Cc1ccc(N)cc1B1OC(C)(C)C(C)(C)O1.O=C1COCCN1.